The molecule has 102 valence electrons. The number of hydrogen-bond donors (Lipinski definition) is 2. The first kappa shape index (κ1) is 15.1. The summed E-state index contributed by atoms with van der Waals surface area (Å²) in [5.74, 6) is 0. The monoisotopic (exact) mass is 251 g/mol. The van der Waals surface area contributed by atoms with Gasteiger partial charge < -0.3 is 15.4 Å². The van der Waals surface area contributed by atoms with Crippen molar-refractivity contribution >= 4 is 0 Å². The Labute approximate surface area is 110 Å². The molecule has 18 heavy (non-hydrogen) atoms. The lowest BCUT2D eigenvalue weighted by Crippen LogP contribution is -2.37. The first-order chi connectivity index (χ1) is 8.83. The molecule has 4 nitrogen and oxygen atoms in total. The number of hydrogen-bond acceptors (Lipinski definition) is 4. The fraction of sp³-hybridized carbons (Fsp3) is 0.643. The molecule has 0 aliphatic heterocycles. The molecule has 1 aromatic rings. The van der Waals surface area contributed by atoms with E-state index in [-0.39, 0.29) is 0 Å². The van der Waals surface area contributed by atoms with Crippen LogP contribution >= 0.6 is 0 Å². The number of nitrogens with zero attached hydrogens (tertiary/aromatic N) is 1. The van der Waals surface area contributed by atoms with E-state index in [1.54, 1.807) is 7.11 Å². The molecule has 2 N–H and O–H groups in total. The number of aromatic nitrogens is 1. The van der Waals surface area contributed by atoms with E-state index in [2.05, 4.69) is 34.7 Å². The van der Waals surface area contributed by atoms with Gasteiger partial charge in [0.2, 0.25) is 0 Å². The zero-order valence-electron chi connectivity index (χ0n) is 11.5. The minimum Gasteiger partial charge on any atom is -0.383 e. The molecule has 0 fully saturated rings. The Morgan fingerprint density at radius 2 is 2.06 bits per heavy atom. The van der Waals surface area contributed by atoms with Crippen LogP contribution in [0.3, 0.4) is 0 Å². The van der Waals surface area contributed by atoms with E-state index in [0.29, 0.717) is 6.04 Å². The zero-order valence-corrected chi connectivity index (χ0v) is 11.5. The molecule has 0 radical (unpaired) electrons. The summed E-state index contributed by atoms with van der Waals surface area (Å²) in [5.41, 5.74) is 1.36. The second kappa shape index (κ2) is 10.00. The molecule has 0 saturated heterocycles. The lowest BCUT2D eigenvalue weighted by atomic mass is 10.1. The average Bonchev–Trinajstić information content (AvgIpc) is 2.41. The molecule has 0 aromatic carbocycles. The van der Waals surface area contributed by atoms with Crippen LogP contribution in [0.4, 0.5) is 0 Å². The number of aryl methyl sites for hydroxylation is 1. The molecule has 0 saturated carbocycles. The van der Waals surface area contributed by atoms with Gasteiger partial charge in [0.25, 0.3) is 0 Å². The molecule has 1 rings (SSSR count). The Balaban J connectivity index is 1.97. The lowest BCUT2D eigenvalue weighted by Gasteiger charge is -2.14. The molecule has 0 spiro atoms. The van der Waals surface area contributed by atoms with Crippen LogP contribution < -0.4 is 10.6 Å². The van der Waals surface area contributed by atoms with Gasteiger partial charge in [-0.15, -0.1) is 0 Å². The predicted octanol–water partition coefficient (Wildman–Crippen LogP) is 1.23. The van der Waals surface area contributed by atoms with Crippen molar-refractivity contribution in [2.45, 2.75) is 25.8 Å². The van der Waals surface area contributed by atoms with Crippen LogP contribution in [0.5, 0.6) is 0 Å². The van der Waals surface area contributed by atoms with Crippen molar-refractivity contribution in [3.05, 3.63) is 30.1 Å². The van der Waals surface area contributed by atoms with Gasteiger partial charge in [0.05, 0.1) is 6.61 Å². The number of pyridine rings is 1. The fourth-order valence-electron chi connectivity index (χ4n) is 1.76. The molecule has 1 aromatic heterocycles. The lowest BCUT2D eigenvalue weighted by molar-refractivity contribution is 0.198. The van der Waals surface area contributed by atoms with E-state index in [4.69, 9.17) is 4.74 Å². The van der Waals surface area contributed by atoms with Crippen LogP contribution in [0.25, 0.3) is 0 Å². The van der Waals surface area contributed by atoms with Gasteiger partial charge in [-0.05, 0) is 44.0 Å². The maximum absolute atomic E-state index is 4.98. The predicted molar refractivity (Wildman–Crippen MR) is 74.8 cm³/mol. The van der Waals surface area contributed by atoms with Crippen molar-refractivity contribution in [2.24, 2.45) is 0 Å². The Morgan fingerprint density at radius 1 is 1.28 bits per heavy atom. The summed E-state index contributed by atoms with van der Waals surface area (Å²) < 4.78 is 4.98. The summed E-state index contributed by atoms with van der Waals surface area (Å²) in [5, 5.41) is 6.86. The van der Waals surface area contributed by atoms with Crippen LogP contribution in [0.1, 0.15) is 18.9 Å². The summed E-state index contributed by atoms with van der Waals surface area (Å²) in [6.45, 7) is 5.93. The summed E-state index contributed by atoms with van der Waals surface area (Å²) in [4.78, 5) is 4.02. The molecular weight excluding hydrogens is 226 g/mol. The highest BCUT2D eigenvalue weighted by atomic mass is 16.5. The topological polar surface area (TPSA) is 46.2 Å². The Hall–Kier alpha value is -0.970. The number of rotatable bonds is 10. The van der Waals surface area contributed by atoms with Crippen LogP contribution in [-0.4, -0.2) is 44.4 Å². The van der Waals surface area contributed by atoms with Gasteiger partial charge >= 0.3 is 0 Å². The van der Waals surface area contributed by atoms with Gasteiger partial charge in [-0.2, -0.15) is 0 Å². The summed E-state index contributed by atoms with van der Waals surface area (Å²) in [7, 11) is 1.72. The SMILES string of the molecule is COCCNCC(C)NCCCc1ccncc1. The summed E-state index contributed by atoms with van der Waals surface area (Å²) in [6.07, 6.45) is 5.97. The molecule has 0 amide bonds. The standard InChI is InChI=1S/C14H25N3O/c1-13(12-16-10-11-18-2)17-7-3-4-14-5-8-15-9-6-14/h5-6,8-9,13,16-17H,3-4,7,10-12H2,1-2H3. The summed E-state index contributed by atoms with van der Waals surface area (Å²) >= 11 is 0. The molecule has 0 aliphatic carbocycles. The van der Waals surface area contributed by atoms with Crippen molar-refractivity contribution in [1.29, 1.82) is 0 Å². The minimum absolute atomic E-state index is 0.499. The van der Waals surface area contributed by atoms with Crippen molar-refractivity contribution in [2.75, 3.05) is 33.4 Å². The molecular formula is C14H25N3O. The van der Waals surface area contributed by atoms with Crippen molar-refractivity contribution in [3.63, 3.8) is 0 Å². The highest BCUT2D eigenvalue weighted by molar-refractivity contribution is 5.09. The van der Waals surface area contributed by atoms with Gasteiger partial charge in [-0.3, -0.25) is 4.98 Å². The zero-order chi connectivity index (χ0) is 13.1. The quantitative estimate of drug-likeness (QED) is 0.614. The van der Waals surface area contributed by atoms with E-state index in [1.165, 1.54) is 5.56 Å². The smallest absolute Gasteiger partial charge is 0.0587 e. The average molecular weight is 251 g/mol. The Bertz CT molecular complexity index is 292. The van der Waals surface area contributed by atoms with E-state index in [1.807, 2.05) is 12.4 Å². The van der Waals surface area contributed by atoms with Crippen LogP contribution in [0, 0.1) is 0 Å². The van der Waals surface area contributed by atoms with Crippen molar-refractivity contribution in [3.8, 4) is 0 Å². The van der Waals surface area contributed by atoms with Gasteiger partial charge in [0.1, 0.15) is 0 Å². The van der Waals surface area contributed by atoms with E-state index >= 15 is 0 Å². The first-order valence-corrected chi connectivity index (χ1v) is 6.65. The first-order valence-electron chi connectivity index (χ1n) is 6.65. The highest BCUT2D eigenvalue weighted by Crippen LogP contribution is 1.99. The molecule has 4 heteroatoms. The summed E-state index contributed by atoms with van der Waals surface area (Å²) in [6, 6.07) is 4.66. The Kier molecular flexibility index (Phi) is 8.38. The third-order valence-corrected chi connectivity index (χ3v) is 2.82. The maximum Gasteiger partial charge on any atom is 0.0587 e. The van der Waals surface area contributed by atoms with Crippen molar-refractivity contribution < 1.29 is 4.74 Å². The third-order valence-electron chi connectivity index (χ3n) is 2.82. The van der Waals surface area contributed by atoms with Gasteiger partial charge in [-0.1, -0.05) is 0 Å². The minimum atomic E-state index is 0.499. The molecule has 1 atom stereocenters. The van der Waals surface area contributed by atoms with Gasteiger partial charge in [-0.25, -0.2) is 0 Å². The largest absolute Gasteiger partial charge is 0.383 e. The molecule has 1 unspecified atom stereocenters. The van der Waals surface area contributed by atoms with E-state index < -0.39 is 0 Å². The number of methoxy groups -OCH3 is 1. The second-order valence-electron chi connectivity index (χ2n) is 4.51. The van der Waals surface area contributed by atoms with Crippen LogP contribution in [0.15, 0.2) is 24.5 Å². The van der Waals surface area contributed by atoms with Crippen LogP contribution in [-0.2, 0) is 11.2 Å². The third kappa shape index (κ3) is 7.37. The fourth-order valence-corrected chi connectivity index (χ4v) is 1.76. The molecule has 1 heterocycles. The van der Waals surface area contributed by atoms with Crippen LogP contribution in [0.2, 0.25) is 0 Å². The van der Waals surface area contributed by atoms with Gasteiger partial charge in [0.15, 0.2) is 0 Å². The van der Waals surface area contributed by atoms with Crippen molar-refractivity contribution in [1.82, 2.24) is 15.6 Å². The van der Waals surface area contributed by atoms with E-state index in [9.17, 15) is 0 Å². The van der Waals surface area contributed by atoms with E-state index in [0.717, 1.165) is 39.1 Å². The maximum atomic E-state index is 4.98. The molecule has 0 aliphatic rings. The Morgan fingerprint density at radius 3 is 2.78 bits per heavy atom. The highest BCUT2D eigenvalue weighted by Gasteiger charge is 1.99. The normalized spacial score (nSPS) is 12.6. The molecule has 0 bridgehead atoms. The second-order valence-corrected chi connectivity index (χ2v) is 4.51. The van der Waals surface area contributed by atoms with Gasteiger partial charge in [0, 0.05) is 38.6 Å². The number of ether oxygens (including phenoxy) is 1. The number of nitrogens with one attached hydrogen (secondary N) is 2.